The summed E-state index contributed by atoms with van der Waals surface area (Å²) in [7, 11) is 2.16. The van der Waals surface area contributed by atoms with Crippen molar-refractivity contribution in [2.45, 2.75) is 151 Å². The van der Waals surface area contributed by atoms with Gasteiger partial charge in [-0.15, -0.1) is 11.6 Å². The third-order valence-corrected chi connectivity index (χ3v) is 13.1. The van der Waals surface area contributed by atoms with Crippen molar-refractivity contribution in [1.82, 2.24) is 20.4 Å². The lowest BCUT2D eigenvalue weighted by Gasteiger charge is -2.54. The Hall–Kier alpha value is -0.400. The Morgan fingerprint density at radius 1 is 0.744 bits per heavy atom. The fraction of sp³-hybridized carbons (Fsp3) is 0.972. The van der Waals surface area contributed by atoms with Gasteiger partial charge in [-0.2, -0.15) is 0 Å². The second kappa shape index (κ2) is 17.0. The van der Waals surface area contributed by atoms with E-state index < -0.39 is 4.87 Å². The van der Waals surface area contributed by atoms with E-state index in [9.17, 15) is 4.79 Å². The highest BCUT2D eigenvalue weighted by Gasteiger charge is 2.54. The molecule has 0 aromatic rings. The summed E-state index contributed by atoms with van der Waals surface area (Å²) in [5.74, 6) is 1.86. The number of carbonyl (C=O) groups excluding carboxylic acids is 1. The van der Waals surface area contributed by atoms with E-state index in [4.69, 9.17) is 17.3 Å². The van der Waals surface area contributed by atoms with Crippen LogP contribution in [-0.4, -0.2) is 85.0 Å². The Kier molecular flexibility index (Phi) is 13.4. The third-order valence-electron chi connectivity index (χ3n) is 12.4. The molecule has 1 amide bonds. The summed E-state index contributed by atoms with van der Waals surface area (Å²) < 4.78 is 0. The molecule has 0 spiro atoms. The van der Waals surface area contributed by atoms with Crippen LogP contribution in [0.3, 0.4) is 0 Å². The van der Waals surface area contributed by atoms with Crippen molar-refractivity contribution < 1.29 is 4.79 Å². The van der Waals surface area contributed by atoms with Gasteiger partial charge in [-0.25, -0.2) is 0 Å². The highest BCUT2D eigenvalue weighted by atomic mass is 35.5. The standard InChI is InChI=1S/C36H66ClN5O/c1-41-20-22-42(23-21-41)35(43)29-25-36(37,30-18-14-10-6-3-7-11-15-19-30)34(40-26-29)31-24-33(39-27-32(31)38)28-16-12-8-4-2-5-9-13-17-28/h28-34,39-40H,2-27,38H2,1H3. The first-order valence-electron chi connectivity index (χ1n) is 18.8. The van der Waals surface area contributed by atoms with Gasteiger partial charge in [0.2, 0.25) is 5.91 Å². The molecule has 6 nitrogen and oxygen atoms in total. The molecule has 0 radical (unpaired) electrons. The fourth-order valence-electron chi connectivity index (χ4n) is 9.67. The molecule has 0 aromatic heterocycles. The molecular weight excluding hydrogens is 554 g/mol. The van der Waals surface area contributed by atoms with Gasteiger partial charge in [0.25, 0.3) is 0 Å². The van der Waals surface area contributed by atoms with E-state index in [1.54, 1.807) is 0 Å². The molecule has 7 heteroatoms. The Morgan fingerprint density at radius 3 is 1.86 bits per heavy atom. The number of nitrogens with zero attached hydrogens (tertiary/aromatic N) is 2. The Morgan fingerprint density at radius 2 is 1.28 bits per heavy atom. The maximum atomic E-state index is 13.9. The summed E-state index contributed by atoms with van der Waals surface area (Å²) in [4.78, 5) is 18.0. The van der Waals surface area contributed by atoms with Crippen molar-refractivity contribution in [3.8, 4) is 0 Å². The fourth-order valence-corrected chi connectivity index (χ4v) is 10.3. The van der Waals surface area contributed by atoms with Gasteiger partial charge >= 0.3 is 0 Å². The quantitative estimate of drug-likeness (QED) is 0.322. The molecule has 3 heterocycles. The maximum Gasteiger partial charge on any atom is 0.227 e. The van der Waals surface area contributed by atoms with E-state index in [2.05, 4.69) is 27.5 Å². The minimum absolute atomic E-state index is 0.0282. The topological polar surface area (TPSA) is 73.6 Å². The Labute approximate surface area is 269 Å². The summed E-state index contributed by atoms with van der Waals surface area (Å²) >= 11 is 8.14. The van der Waals surface area contributed by atoms with Crippen LogP contribution in [0.5, 0.6) is 0 Å². The van der Waals surface area contributed by atoms with E-state index in [-0.39, 0.29) is 18.0 Å². The number of hydrogen-bond donors (Lipinski definition) is 3. The molecule has 4 N–H and O–H groups in total. The molecule has 2 saturated carbocycles. The largest absolute Gasteiger partial charge is 0.340 e. The van der Waals surface area contributed by atoms with Crippen LogP contribution in [0.25, 0.3) is 0 Å². The number of hydrogen-bond acceptors (Lipinski definition) is 5. The van der Waals surface area contributed by atoms with Crippen LogP contribution in [-0.2, 0) is 4.79 Å². The van der Waals surface area contributed by atoms with Gasteiger partial charge in [-0.1, -0.05) is 89.9 Å². The molecule has 3 saturated heterocycles. The van der Waals surface area contributed by atoms with Gasteiger partial charge in [-0.05, 0) is 63.3 Å². The number of nitrogens with two attached hydrogens (primary N) is 1. The van der Waals surface area contributed by atoms with Crippen molar-refractivity contribution in [2.75, 3.05) is 46.3 Å². The Bertz CT molecular complexity index is 816. The van der Waals surface area contributed by atoms with Crippen molar-refractivity contribution in [3.05, 3.63) is 0 Å². The van der Waals surface area contributed by atoms with E-state index in [1.807, 2.05) is 0 Å². The number of likely N-dealkylation sites (N-methyl/N-ethyl adjacent to an activating group) is 1. The van der Waals surface area contributed by atoms with Gasteiger partial charge < -0.3 is 26.2 Å². The normalized spacial score (nSPS) is 37.9. The van der Waals surface area contributed by atoms with Crippen molar-refractivity contribution in [1.29, 1.82) is 0 Å². The third kappa shape index (κ3) is 9.11. The first-order valence-corrected chi connectivity index (χ1v) is 19.2. The molecule has 248 valence electrons. The van der Waals surface area contributed by atoms with Crippen LogP contribution in [0, 0.1) is 23.7 Å². The zero-order chi connectivity index (χ0) is 30.1. The van der Waals surface area contributed by atoms with E-state index in [0.29, 0.717) is 23.8 Å². The molecule has 5 fully saturated rings. The maximum absolute atomic E-state index is 13.9. The highest BCUT2D eigenvalue weighted by Crippen LogP contribution is 2.48. The molecule has 6 unspecified atom stereocenters. The van der Waals surface area contributed by atoms with Crippen molar-refractivity contribution in [3.63, 3.8) is 0 Å². The predicted molar refractivity (Wildman–Crippen MR) is 181 cm³/mol. The Balaban J connectivity index is 1.35. The number of alkyl halides is 1. The SMILES string of the molecule is CN1CCN(C(=O)C2CNC(C3CC(C4CCCCCCCCC4)NCC3N)C(Cl)(C3CCCCCCCCC3)C2)CC1. The van der Waals surface area contributed by atoms with Gasteiger partial charge in [0, 0.05) is 57.4 Å². The first kappa shape index (κ1) is 33.9. The first-order chi connectivity index (χ1) is 21.0. The highest BCUT2D eigenvalue weighted by molar-refractivity contribution is 6.25. The zero-order valence-corrected chi connectivity index (χ0v) is 28.4. The molecule has 2 aliphatic carbocycles. The van der Waals surface area contributed by atoms with Crippen LogP contribution in [0.15, 0.2) is 0 Å². The summed E-state index contributed by atoms with van der Waals surface area (Å²) in [6.45, 7) is 5.27. The van der Waals surface area contributed by atoms with E-state index in [0.717, 1.165) is 58.0 Å². The average molecular weight is 620 g/mol. The average Bonchev–Trinajstić information content (AvgIpc) is 3.03. The van der Waals surface area contributed by atoms with Gasteiger partial charge in [0.05, 0.1) is 10.8 Å². The number of piperazine rings is 1. The molecule has 5 aliphatic rings. The lowest BCUT2D eigenvalue weighted by atomic mass is 9.64. The van der Waals surface area contributed by atoms with Crippen LogP contribution < -0.4 is 16.4 Å². The predicted octanol–water partition coefficient (Wildman–Crippen LogP) is 6.30. The molecule has 5 rings (SSSR count). The molecule has 3 aliphatic heterocycles. The summed E-state index contributed by atoms with van der Waals surface area (Å²) in [5.41, 5.74) is 7.04. The number of halogens is 1. The van der Waals surface area contributed by atoms with Crippen molar-refractivity contribution in [2.24, 2.45) is 29.4 Å². The van der Waals surface area contributed by atoms with E-state index in [1.165, 1.54) is 116 Å². The molecule has 6 atom stereocenters. The summed E-state index contributed by atoms with van der Waals surface area (Å²) in [6.07, 6.45) is 26.1. The number of carbonyl (C=O) groups is 1. The van der Waals surface area contributed by atoms with Crippen LogP contribution >= 0.6 is 11.6 Å². The molecule has 0 aromatic carbocycles. The van der Waals surface area contributed by atoms with Crippen LogP contribution in [0.4, 0.5) is 0 Å². The number of piperidine rings is 2. The monoisotopic (exact) mass is 619 g/mol. The minimum Gasteiger partial charge on any atom is -0.340 e. The second-order valence-corrected chi connectivity index (χ2v) is 16.2. The summed E-state index contributed by atoms with van der Waals surface area (Å²) in [6, 6.07) is 0.828. The van der Waals surface area contributed by atoms with E-state index >= 15 is 0 Å². The lowest BCUT2D eigenvalue weighted by molar-refractivity contribution is -0.138. The van der Waals surface area contributed by atoms with Crippen LogP contribution in [0.2, 0.25) is 0 Å². The molecular formula is C36H66ClN5O. The van der Waals surface area contributed by atoms with Crippen LogP contribution in [0.1, 0.15) is 128 Å². The number of nitrogens with one attached hydrogen (secondary N) is 2. The van der Waals surface area contributed by atoms with Gasteiger partial charge in [0.1, 0.15) is 0 Å². The van der Waals surface area contributed by atoms with Crippen molar-refractivity contribution >= 4 is 17.5 Å². The van der Waals surface area contributed by atoms with Gasteiger partial charge in [0.15, 0.2) is 0 Å². The second-order valence-electron chi connectivity index (χ2n) is 15.5. The summed E-state index contributed by atoms with van der Waals surface area (Å²) in [5, 5.41) is 7.96. The molecule has 43 heavy (non-hydrogen) atoms. The molecule has 0 bridgehead atoms. The number of amides is 1. The lowest BCUT2D eigenvalue weighted by Crippen LogP contribution is -2.68. The zero-order valence-electron chi connectivity index (χ0n) is 27.7. The minimum atomic E-state index is -0.412. The smallest absolute Gasteiger partial charge is 0.227 e. The van der Waals surface area contributed by atoms with Gasteiger partial charge in [-0.3, -0.25) is 4.79 Å². The number of rotatable bonds is 4.